The number of aliphatic hydroxyl groups is 1. The fourth-order valence-electron chi connectivity index (χ4n) is 3.44. The summed E-state index contributed by atoms with van der Waals surface area (Å²) in [6, 6.07) is 8.79. The summed E-state index contributed by atoms with van der Waals surface area (Å²) in [5, 5.41) is 9.62. The highest BCUT2D eigenvalue weighted by Gasteiger charge is 2.46. The van der Waals surface area contributed by atoms with E-state index in [4.69, 9.17) is 0 Å². The van der Waals surface area contributed by atoms with Crippen LogP contribution in [-0.2, 0) is 6.42 Å². The van der Waals surface area contributed by atoms with Gasteiger partial charge in [0.1, 0.15) is 0 Å². The van der Waals surface area contributed by atoms with Gasteiger partial charge in [-0.2, -0.15) is 0 Å². The molecule has 0 bridgehead atoms. The zero-order valence-corrected chi connectivity index (χ0v) is 9.08. The van der Waals surface area contributed by atoms with Crippen molar-refractivity contribution in [1.29, 1.82) is 0 Å². The van der Waals surface area contributed by atoms with Crippen LogP contribution in [0.4, 0.5) is 0 Å². The van der Waals surface area contributed by atoms with Gasteiger partial charge in [-0.25, -0.2) is 0 Å². The lowest BCUT2D eigenvalue weighted by molar-refractivity contribution is 0.0171. The van der Waals surface area contributed by atoms with Crippen molar-refractivity contribution in [3.63, 3.8) is 0 Å². The maximum Gasteiger partial charge on any atom is 0.0493 e. The zero-order chi connectivity index (χ0) is 10.3. The molecular formula is C14H18O. The molecule has 0 saturated heterocycles. The third-order valence-electron chi connectivity index (χ3n) is 4.54. The lowest BCUT2D eigenvalue weighted by atomic mass is 9.60. The van der Waals surface area contributed by atoms with Crippen molar-refractivity contribution in [1.82, 2.24) is 0 Å². The van der Waals surface area contributed by atoms with E-state index >= 15 is 0 Å². The summed E-state index contributed by atoms with van der Waals surface area (Å²) < 4.78 is 0. The molecule has 1 fully saturated rings. The Labute approximate surface area is 91.1 Å². The predicted octanol–water partition coefficient (Wildman–Crippen LogP) is 2.88. The Bertz CT molecular complexity index is 360. The SMILES string of the molecule is OCC1(C2CCc3ccccc32)CCC1. The Balaban J connectivity index is 1.96. The standard InChI is InChI=1S/C14H18O/c15-10-14(8-3-9-14)13-7-6-11-4-1-2-5-12(11)13/h1-2,4-5,13,15H,3,6-10H2. The van der Waals surface area contributed by atoms with E-state index in [0.29, 0.717) is 12.5 Å². The molecule has 3 rings (SSSR count). The third-order valence-corrected chi connectivity index (χ3v) is 4.54. The zero-order valence-electron chi connectivity index (χ0n) is 9.08. The van der Waals surface area contributed by atoms with Gasteiger partial charge in [0.15, 0.2) is 0 Å². The summed E-state index contributed by atoms with van der Waals surface area (Å²) in [5.41, 5.74) is 3.28. The summed E-state index contributed by atoms with van der Waals surface area (Å²) in [6.45, 7) is 0.381. The molecule has 0 amide bonds. The summed E-state index contributed by atoms with van der Waals surface area (Å²) in [4.78, 5) is 0. The van der Waals surface area contributed by atoms with Gasteiger partial charge in [-0.15, -0.1) is 0 Å². The fourth-order valence-corrected chi connectivity index (χ4v) is 3.44. The van der Waals surface area contributed by atoms with Gasteiger partial charge in [0, 0.05) is 12.0 Å². The molecule has 2 aliphatic rings. The lowest BCUT2D eigenvalue weighted by Crippen LogP contribution is -2.38. The van der Waals surface area contributed by atoms with Crippen molar-refractivity contribution in [2.75, 3.05) is 6.61 Å². The van der Waals surface area contributed by atoms with E-state index in [2.05, 4.69) is 24.3 Å². The molecule has 0 spiro atoms. The van der Waals surface area contributed by atoms with Gasteiger partial charge in [-0.3, -0.25) is 0 Å². The van der Waals surface area contributed by atoms with Gasteiger partial charge in [0.05, 0.1) is 0 Å². The highest BCUT2D eigenvalue weighted by Crippen LogP contribution is 2.55. The highest BCUT2D eigenvalue weighted by molar-refractivity contribution is 5.37. The Morgan fingerprint density at radius 1 is 1.27 bits per heavy atom. The van der Waals surface area contributed by atoms with Crippen molar-refractivity contribution >= 4 is 0 Å². The Kier molecular flexibility index (Phi) is 2.10. The highest BCUT2D eigenvalue weighted by atomic mass is 16.3. The number of hydrogen-bond acceptors (Lipinski definition) is 1. The molecule has 1 heteroatoms. The van der Waals surface area contributed by atoms with Crippen LogP contribution in [0.25, 0.3) is 0 Å². The first-order valence-electron chi connectivity index (χ1n) is 6.04. The minimum absolute atomic E-state index is 0.243. The number of fused-ring (bicyclic) bond motifs is 1. The number of benzene rings is 1. The van der Waals surface area contributed by atoms with Gasteiger partial charge in [0.2, 0.25) is 0 Å². The third kappa shape index (κ3) is 1.26. The molecule has 1 nitrogen and oxygen atoms in total. The molecule has 0 heterocycles. The van der Waals surface area contributed by atoms with Crippen molar-refractivity contribution in [3.05, 3.63) is 35.4 Å². The lowest BCUT2D eigenvalue weighted by Gasteiger charge is -2.45. The largest absolute Gasteiger partial charge is 0.396 e. The Morgan fingerprint density at radius 3 is 2.73 bits per heavy atom. The van der Waals surface area contributed by atoms with Crippen LogP contribution < -0.4 is 0 Å². The van der Waals surface area contributed by atoms with E-state index in [0.717, 1.165) is 0 Å². The summed E-state index contributed by atoms with van der Waals surface area (Å²) in [5.74, 6) is 0.632. The minimum atomic E-state index is 0.243. The number of aryl methyl sites for hydroxylation is 1. The van der Waals surface area contributed by atoms with Crippen LogP contribution in [0, 0.1) is 5.41 Å². The van der Waals surface area contributed by atoms with Crippen molar-refractivity contribution in [3.8, 4) is 0 Å². The van der Waals surface area contributed by atoms with Crippen molar-refractivity contribution in [2.45, 2.75) is 38.0 Å². The first-order chi connectivity index (χ1) is 7.36. The van der Waals surface area contributed by atoms with E-state index in [1.807, 2.05) is 0 Å². The van der Waals surface area contributed by atoms with Gasteiger partial charge in [-0.05, 0) is 42.7 Å². The molecule has 0 aromatic heterocycles. The molecule has 1 atom stereocenters. The average Bonchev–Trinajstić information content (AvgIpc) is 2.62. The van der Waals surface area contributed by atoms with E-state index in [9.17, 15) is 5.11 Å². The molecule has 1 aromatic carbocycles. The van der Waals surface area contributed by atoms with Crippen LogP contribution >= 0.6 is 0 Å². The van der Waals surface area contributed by atoms with Gasteiger partial charge < -0.3 is 5.11 Å². The van der Waals surface area contributed by atoms with Gasteiger partial charge in [-0.1, -0.05) is 30.7 Å². The predicted molar refractivity (Wildman–Crippen MR) is 60.9 cm³/mol. The monoisotopic (exact) mass is 202 g/mol. The quantitative estimate of drug-likeness (QED) is 0.782. The molecule has 0 radical (unpaired) electrons. The first kappa shape index (κ1) is 9.41. The number of aliphatic hydroxyl groups excluding tert-OH is 1. The van der Waals surface area contributed by atoms with Crippen LogP contribution in [-0.4, -0.2) is 11.7 Å². The molecule has 1 saturated carbocycles. The molecule has 1 unspecified atom stereocenters. The average molecular weight is 202 g/mol. The summed E-state index contributed by atoms with van der Waals surface area (Å²) in [7, 11) is 0. The summed E-state index contributed by atoms with van der Waals surface area (Å²) in [6.07, 6.45) is 6.22. The van der Waals surface area contributed by atoms with Crippen LogP contribution in [0.15, 0.2) is 24.3 Å². The van der Waals surface area contributed by atoms with Gasteiger partial charge in [0.25, 0.3) is 0 Å². The van der Waals surface area contributed by atoms with Crippen LogP contribution in [0.1, 0.15) is 42.7 Å². The first-order valence-corrected chi connectivity index (χ1v) is 6.04. The van der Waals surface area contributed by atoms with Crippen LogP contribution in [0.5, 0.6) is 0 Å². The fraction of sp³-hybridized carbons (Fsp3) is 0.571. The van der Waals surface area contributed by atoms with E-state index in [-0.39, 0.29) is 5.41 Å². The molecule has 2 aliphatic carbocycles. The topological polar surface area (TPSA) is 20.2 Å². The number of hydrogen-bond donors (Lipinski definition) is 1. The molecule has 0 aliphatic heterocycles. The molecule has 1 aromatic rings. The van der Waals surface area contributed by atoms with Crippen molar-refractivity contribution in [2.24, 2.45) is 5.41 Å². The molecule has 80 valence electrons. The van der Waals surface area contributed by atoms with E-state index < -0.39 is 0 Å². The molecule has 15 heavy (non-hydrogen) atoms. The van der Waals surface area contributed by atoms with E-state index in [1.165, 1.54) is 43.2 Å². The normalized spacial score (nSPS) is 27.1. The maximum atomic E-state index is 9.62. The summed E-state index contributed by atoms with van der Waals surface area (Å²) >= 11 is 0. The Hall–Kier alpha value is -0.820. The van der Waals surface area contributed by atoms with E-state index in [1.54, 1.807) is 0 Å². The Morgan fingerprint density at radius 2 is 2.07 bits per heavy atom. The number of rotatable bonds is 2. The van der Waals surface area contributed by atoms with Crippen LogP contribution in [0.2, 0.25) is 0 Å². The molecule has 1 N–H and O–H groups in total. The second-order valence-electron chi connectivity index (χ2n) is 5.16. The second-order valence-corrected chi connectivity index (χ2v) is 5.16. The molecular weight excluding hydrogens is 184 g/mol. The van der Waals surface area contributed by atoms with Crippen molar-refractivity contribution < 1.29 is 5.11 Å². The minimum Gasteiger partial charge on any atom is -0.396 e. The smallest absolute Gasteiger partial charge is 0.0493 e. The van der Waals surface area contributed by atoms with Gasteiger partial charge >= 0.3 is 0 Å². The van der Waals surface area contributed by atoms with Crippen LogP contribution in [0.3, 0.4) is 0 Å². The maximum absolute atomic E-state index is 9.62. The second kappa shape index (κ2) is 3.34.